The van der Waals surface area contributed by atoms with Gasteiger partial charge in [0.1, 0.15) is 10.5 Å². The molecule has 4 aromatic rings. The van der Waals surface area contributed by atoms with Crippen LogP contribution in [-0.4, -0.2) is 64.0 Å². The van der Waals surface area contributed by atoms with E-state index in [1.54, 1.807) is 18.3 Å². The molecule has 1 unspecified atom stereocenters. The molecule has 3 aromatic heterocycles. The molecule has 9 nitrogen and oxygen atoms in total. The van der Waals surface area contributed by atoms with Crippen LogP contribution >= 0.6 is 0 Å². The van der Waals surface area contributed by atoms with E-state index in [0.717, 1.165) is 5.56 Å². The third kappa shape index (κ3) is 3.62. The van der Waals surface area contributed by atoms with Crippen molar-refractivity contribution in [3.63, 3.8) is 0 Å². The van der Waals surface area contributed by atoms with Gasteiger partial charge in [0.2, 0.25) is 21.8 Å². The summed E-state index contributed by atoms with van der Waals surface area (Å²) in [5.74, 6) is 1.01. The zero-order valence-corrected chi connectivity index (χ0v) is 17.8. The summed E-state index contributed by atoms with van der Waals surface area (Å²) in [5, 5.41) is 8.98. The third-order valence-corrected chi connectivity index (χ3v) is 7.61. The van der Waals surface area contributed by atoms with Gasteiger partial charge in [-0.3, -0.25) is 4.90 Å². The van der Waals surface area contributed by atoms with Crippen LogP contribution in [0.3, 0.4) is 0 Å². The molecule has 1 aromatic carbocycles. The van der Waals surface area contributed by atoms with Crippen molar-refractivity contribution in [1.82, 2.24) is 29.4 Å². The Bertz CT molecular complexity index is 1290. The normalized spacial score (nSPS) is 17.2. The van der Waals surface area contributed by atoms with Gasteiger partial charge in [0.15, 0.2) is 0 Å². The van der Waals surface area contributed by atoms with Gasteiger partial charge in [0.25, 0.3) is 0 Å². The summed E-state index contributed by atoms with van der Waals surface area (Å²) < 4.78 is 33.8. The number of nitrogens with zero attached hydrogens (tertiary/aromatic N) is 5. The minimum absolute atomic E-state index is 0.105. The Labute approximate surface area is 179 Å². The molecule has 160 valence electrons. The number of aromatic amines is 1. The van der Waals surface area contributed by atoms with Crippen LogP contribution in [0.5, 0.6) is 0 Å². The monoisotopic (exact) mass is 438 g/mol. The van der Waals surface area contributed by atoms with Crippen LogP contribution in [0, 0.1) is 0 Å². The first kappa shape index (κ1) is 19.9. The second kappa shape index (κ2) is 7.88. The lowest BCUT2D eigenvalue weighted by Gasteiger charge is -2.36. The summed E-state index contributed by atoms with van der Waals surface area (Å²) in [5.41, 5.74) is 1.44. The molecule has 1 fully saturated rings. The third-order valence-electron chi connectivity index (χ3n) is 5.67. The van der Waals surface area contributed by atoms with Crippen LogP contribution in [0.25, 0.3) is 22.5 Å². The van der Waals surface area contributed by atoms with Crippen LogP contribution < -0.4 is 0 Å². The second-order valence-electron chi connectivity index (χ2n) is 7.48. The predicted octanol–water partition coefficient (Wildman–Crippen LogP) is 2.68. The van der Waals surface area contributed by atoms with Crippen molar-refractivity contribution in [2.24, 2.45) is 0 Å². The molecule has 0 saturated carbocycles. The van der Waals surface area contributed by atoms with E-state index >= 15 is 0 Å². The Balaban J connectivity index is 1.28. The zero-order chi connectivity index (χ0) is 21.4. The van der Waals surface area contributed by atoms with Crippen molar-refractivity contribution < 1.29 is 12.8 Å². The summed E-state index contributed by atoms with van der Waals surface area (Å²) in [4.78, 5) is 9.55. The maximum absolute atomic E-state index is 13.2. The van der Waals surface area contributed by atoms with Crippen molar-refractivity contribution in [2.45, 2.75) is 17.9 Å². The number of hydrogen-bond donors (Lipinski definition) is 1. The van der Waals surface area contributed by atoms with Gasteiger partial charge in [-0.05, 0) is 31.2 Å². The Morgan fingerprint density at radius 3 is 2.58 bits per heavy atom. The second-order valence-corrected chi connectivity index (χ2v) is 9.39. The van der Waals surface area contributed by atoms with Gasteiger partial charge in [-0.15, -0.1) is 10.2 Å². The molecule has 10 heteroatoms. The minimum Gasteiger partial charge on any atom is -0.419 e. The Morgan fingerprint density at radius 1 is 1.03 bits per heavy atom. The molecule has 1 aliphatic rings. The van der Waals surface area contributed by atoms with Crippen molar-refractivity contribution in [3.8, 4) is 11.5 Å². The average molecular weight is 439 g/mol. The van der Waals surface area contributed by atoms with Crippen LogP contribution in [0.4, 0.5) is 0 Å². The first-order valence-electron chi connectivity index (χ1n) is 10.1. The maximum atomic E-state index is 13.2. The molecule has 0 aliphatic carbocycles. The highest BCUT2D eigenvalue weighted by atomic mass is 32.2. The van der Waals surface area contributed by atoms with Gasteiger partial charge in [0, 0.05) is 49.5 Å². The highest BCUT2D eigenvalue weighted by Crippen LogP contribution is 2.28. The number of nitrogens with one attached hydrogen (secondary N) is 1. The predicted molar refractivity (Wildman–Crippen MR) is 115 cm³/mol. The van der Waals surface area contributed by atoms with E-state index in [1.807, 2.05) is 37.3 Å². The van der Waals surface area contributed by atoms with E-state index in [2.05, 4.69) is 25.1 Å². The molecular weight excluding hydrogens is 416 g/mol. The molecule has 1 atom stereocenters. The summed E-state index contributed by atoms with van der Waals surface area (Å²) in [6.07, 6.45) is 3.15. The molecule has 0 spiro atoms. The molecule has 0 amide bonds. The molecule has 1 saturated heterocycles. The van der Waals surface area contributed by atoms with Crippen LogP contribution in [0.15, 0.2) is 64.2 Å². The van der Waals surface area contributed by atoms with Gasteiger partial charge >= 0.3 is 0 Å². The largest absolute Gasteiger partial charge is 0.419 e. The number of hydrogen-bond acceptors (Lipinski definition) is 7. The Hall–Kier alpha value is -3.08. The van der Waals surface area contributed by atoms with E-state index in [9.17, 15) is 8.42 Å². The molecule has 4 heterocycles. The van der Waals surface area contributed by atoms with E-state index in [0.29, 0.717) is 49.0 Å². The highest BCUT2D eigenvalue weighted by molar-refractivity contribution is 7.89. The first-order chi connectivity index (χ1) is 15.0. The van der Waals surface area contributed by atoms with Crippen LogP contribution in [0.1, 0.15) is 18.9 Å². The van der Waals surface area contributed by atoms with Crippen molar-refractivity contribution in [2.75, 3.05) is 26.2 Å². The summed E-state index contributed by atoms with van der Waals surface area (Å²) in [6, 6.07) is 13.0. The fourth-order valence-electron chi connectivity index (χ4n) is 3.87. The van der Waals surface area contributed by atoms with Crippen molar-refractivity contribution >= 4 is 21.1 Å². The number of H-pyrrole nitrogens is 1. The smallest absolute Gasteiger partial charge is 0.247 e. The molecule has 1 N–H and O–H groups in total. The van der Waals surface area contributed by atoms with E-state index < -0.39 is 10.0 Å². The van der Waals surface area contributed by atoms with Gasteiger partial charge < -0.3 is 9.40 Å². The number of aromatic nitrogens is 4. The summed E-state index contributed by atoms with van der Waals surface area (Å²) >= 11 is 0. The molecule has 0 radical (unpaired) electrons. The molecule has 0 bridgehead atoms. The lowest BCUT2D eigenvalue weighted by atomic mass is 10.2. The molecule has 1 aliphatic heterocycles. The van der Waals surface area contributed by atoms with Gasteiger partial charge in [-0.1, -0.05) is 18.2 Å². The van der Waals surface area contributed by atoms with E-state index in [4.69, 9.17) is 4.42 Å². The van der Waals surface area contributed by atoms with Gasteiger partial charge in [-0.25, -0.2) is 13.4 Å². The standard InChI is InChI=1S/C21H22N6O3S/c1-15(20-24-25-21(30-20)16-6-3-2-4-7-16)26-10-12-27(13-11-26)31(28,29)18-14-23-19-17(18)8-5-9-22-19/h2-9,14-15H,10-13H2,1H3,(H,22,23). The number of rotatable bonds is 5. The lowest BCUT2D eigenvalue weighted by Crippen LogP contribution is -2.49. The quantitative estimate of drug-likeness (QED) is 0.510. The molecular formula is C21H22N6O3S. The number of fused-ring (bicyclic) bond motifs is 1. The fourth-order valence-corrected chi connectivity index (χ4v) is 5.44. The summed E-state index contributed by atoms with van der Waals surface area (Å²) in [6.45, 7) is 3.92. The lowest BCUT2D eigenvalue weighted by molar-refractivity contribution is 0.129. The van der Waals surface area contributed by atoms with Gasteiger partial charge in [0.05, 0.1) is 6.04 Å². The average Bonchev–Trinajstić information content (AvgIpc) is 3.47. The Morgan fingerprint density at radius 2 is 1.81 bits per heavy atom. The van der Waals surface area contributed by atoms with Crippen molar-refractivity contribution in [1.29, 1.82) is 0 Å². The topological polar surface area (TPSA) is 108 Å². The van der Waals surface area contributed by atoms with Gasteiger partial charge in [-0.2, -0.15) is 4.31 Å². The molecule has 5 rings (SSSR count). The zero-order valence-electron chi connectivity index (χ0n) is 17.0. The van der Waals surface area contributed by atoms with E-state index in [1.165, 1.54) is 10.5 Å². The van der Waals surface area contributed by atoms with Crippen molar-refractivity contribution in [3.05, 3.63) is 60.7 Å². The first-order valence-corrected chi connectivity index (χ1v) is 11.5. The number of piperazine rings is 1. The Kier molecular flexibility index (Phi) is 5.05. The summed E-state index contributed by atoms with van der Waals surface area (Å²) in [7, 11) is -3.61. The maximum Gasteiger partial charge on any atom is 0.247 e. The minimum atomic E-state index is -3.61. The SMILES string of the molecule is CC(c1nnc(-c2ccccc2)o1)N1CCN(S(=O)(=O)c2c[nH]c3ncccc23)CC1. The van der Waals surface area contributed by atoms with E-state index in [-0.39, 0.29) is 10.9 Å². The number of pyridine rings is 1. The number of sulfonamides is 1. The molecule has 31 heavy (non-hydrogen) atoms. The fraction of sp³-hybridized carbons (Fsp3) is 0.286. The highest BCUT2D eigenvalue weighted by Gasteiger charge is 2.33. The van der Waals surface area contributed by atoms with Crippen LogP contribution in [-0.2, 0) is 10.0 Å². The number of benzene rings is 1. The van der Waals surface area contributed by atoms with Crippen LogP contribution in [0.2, 0.25) is 0 Å².